The summed E-state index contributed by atoms with van der Waals surface area (Å²) in [5.74, 6) is 1.31. The van der Waals surface area contributed by atoms with E-state index in [1.807, 2.05) is 6.92 Å². The van der Waals surface area contributed by atoms with Gasteiger partial charge in [0.15, 0.2) is 5.82 Å². The van der Waals surface area contributed by atoms with Gasteiger partial charge in [-0.1, -0.05) is 6.92 Å². The molecule has 2 rings (SSSR count). The van der Waals surface area contributed by atoms with E-state index < -0.39 is 0 Å². The van der Waals surface area contributed by atoms with Gasteiger partial charge < -0.3 is 16.0 Å². The average Bonchev–Trinajstić information content (AvgIpc) is 2.80. The fourth-order valence-corrected chi connectivity index (χ4v) is 2.50. The Morgan fingerprint density at radius 1 is 1.50 bits per heavy atom. The Labute approximate surface area is 113 Å². The summed E-state index contributed by atoms with van der Waals surface area (Å²) in [6.07, 6.45) is 1.22. The van der Waals surface area contributed by atoms with Gasteiger partial charge in [0.2, 0.25) is 5.28 Å². The maximum absolute atomic E-state index is 5.93. The van der Waals surface area contributed by atoms with Gasteiger partial charge in [-0.2, -0.15) is 4.98 Å². The molecule has 0 radical (unpaired) electrons. The van der Waals surface area contributed by atoms with Gasteiger partial charge in [0.05, 0.1) is 11.4 Å². The Balaban J connectivity index is 1.94. The second-order valence-corrected chi connectivity index (χ2v) is 5.11. The molecule has 0 amide bonds. The molecule has 100 valence electrons. The van der Waals surface area contributed by atoms with E-state index in [0.29, 0.717) is 17.4 Å². The zero-order chi connectivity index (χ0) is 13.1. The molecule has 5 nitrogen and oxygen atoms in total. The van der Waals surface area contributed by atoms with Gasteiger partial charge in [-0.05, 0) is 44.0 Å². The quantitative estimate of drug-likeness (QED) is 0.816. The van der Waals surface area contributed by atoms with E-state index in [1.165, 1.54) is 13.0 Å². The molecule has 1 fully saturated rings. The SMILES string of the molecule is CCN1CCC(CNc2nc(Cl)nc(C)c2N)C1. The van der Waals surface area contributed by atoms with Crippen LogP contribution in [0.3, 0.4) is 0 Å². The Kier molecular flexibility index (Phi) is 4.24. The van der Waals surface area contributed by atoms with E-state index in [2.05, 4.69) is 27.1 Å². The number of nitrogens with two attached hydrogens (primary N) is 1. The fraction of sp³-hybridized carbons (Fsp3) is 0.667. The van der Waals surface area contributed by atoms with Crippen LogP contribution >= 0.6 is 11.6 Å². The van der Waals surface area contributed by atoms with Crippen molar-refractivity contribution in [2.24, 2.45) is 5.92 Å². The first kappa shape index (κ1) is 13.4. The number of rotatable bonds is 4. The highest BCUT2D eigenvalue weighted by atomic mass is 35.5. The summed E-state index contributed by atoms with van der Waals surface area (Å²) in [4.78, 5) is 10.6. The number of hydrogen-bond donors (Lipinski definition) is 2. The lowest BCUT2D eigenvalue weighted by Gasteiger charge is -2.15. The van der Waals surface area contributed by atoms with Crippen LogP contribution in [0.25, 0.3) is 0 Å². The van der Waals surface area contributed by atoms with Gasteiger partial charge in [-0.15, -0.1) is 0 Å². The van der Waals surface area contributed by atoms with Crippen LogP contribution in [-0.4, -0.2) is 41.0 Å². The minimum Gasteiger partial charge on any atom is -0.394 e. The molecule has 0 aromatic carbocycles. The van der Waals surface area contributed by atoms with Crippen molar-refractivity contribution in [2.45, 2.75) is 20.3 Å². The van der Waals surface area contributed by atoms with E-state index in [4.69, 9.17) is 17.3 Å². The molecule has 18 heavy (non-hydrogen) atoms. The molecule has 3 N–H and O–H groups in total. The Morgan fingerprint density at radius 3 is 2.94 bits per heavy atom. The molecule has 0 spiro atoms. The smallest absolute Gasteiger partial charge is 0.224 e. The molecule has 2 heterocycles. The average molecular weight is 270 g/mol. The lowest BCUT2D eigenvalue weighted by Crippen LogP contribution is -2.23. The number of hydrogen-bond acceptors (Lipinski definition) is 5. The first-order chi connectivity index (χ1) is 8.60. The number of nitrogens with one attached hydrogen (secondary N) is 1. The van der Waals surface area contributed by atoms with Crippen molar-refractivity contribution in [1.29, 1.82) is 0 Å². The van der Waals surface area contributed by atoms with Crippen molar-refractivity contribution in [1.82, 2.24) is 14.9 Å². The minimum atomic E-state index is 0.241. The zero-order valence-electron chi connectivity index (χ0n) is 10.9. The lowest BCUT2D eigenvalue weighted by molar-refractivity contribution is 0.345. The van der Waals surface area contributed by atoms with E-state index >= 15 is 0 Å². The molecule has 0 aliphatic carbocycles. The number of nitrogen functional groups attached to an aromatic ring is 1. The van der Waals surface area contributed by atoms with Gasteiger partial charge in [0, 0.05) is 13.1 Å². The molecule has 0 bridgehead atoms. The third-order valence-corrected chi connectivity index (χ3v) is 3.65. The molecule has 1 atom stereocenters. The number of aryl methyl sites for hydroxylation is 1. The normalized spacial score (nSPS) is 20.3. The van der Waals surface area contributed by atoms with Gasteiger partial charge in [-0.3, -0.25) is 0 Å². The van der Waals surface area contributed by atoms with Crippen LogP contribution in [0.2, 0.25) is 5.28 Å². The lowest BCUT2D eigenvalue weighted by atomic mass is 10.1. The van der Waals surface area contributed by atoms with Crippen LogP contribution in [0.15, 0.2) is 0 Å². The summed E-state index contributed by atoms with van der Waals surface area (Å²) < 4.78 is 0. The molecule has 1 saturated heterocycles. The van der Waals surface area contributed by atoms with E-state index in [9.17, 15) is 0 Å². The maximum atomic E-state index is 5.93. The predicted molar refractivity (Wildman–Crippen MR) is 74.9 cm³/mol. The highest BCUT2D eigenvalue weighted by Crippen LogP contribution is 2.22. The maximum Gasteiger partial charge on any atom is 0.224 e. The minimum absolute atomic E-state index is 0.241. The van der Waals surface area contributed by atoms with Crippen molar-refractivity contribution < 1.29 is 0 Å². The number of aromatic nitrogens is 2. The number of halogens is 1. The number of nitrogens with zero attached hydrogens (tertiary/aromatic N) is 3. The van der Waals surface area contributed by atoms with Gasteiger partial charge in [-0.25, -0.2) is 4.98 Å². The summed E-state index contributed by atoms with van der Waals surface area (Å²) in [5.41, 5.74) is 7.24. The summed E-state index contributed by atoms with van der Waals surface area (Å²) >= 11 is 5.84. The van der Waals surface area contributed by atoms with Gasteiger partial charge in [0.1, 0.15) is 0 Å². The topological polar surface area (TPSA) is 67.1 Å². The van der Waals surface area contributed by atoms with Crippen LogP contribution in [0.4, 0.5) is 11.5 Å². The summed E-state index contributed by atoms with van der Waals surface area (Å²) in [5, 5.41) is 3.54. The monoisotopic (exact) mass is 269 g/mol. The van der Waals surface area contributed by atoms with Gasteiger partial charge in [0.25, 0.3) is 0 Å². The van der Waals surface area contributed by atoms with Crippen molar-refractivity contribution in [3.63, 3.8) is 0 Å². The van der Waals surface area contributed by atoms with Crippen molar-refractivity contribution in [2.75, 3.05) is 37.2 Å². The highest BCUT2D eigenvalue weighted by Gasteiger charge is 2.21. The molecule has 1 aromatic heterocycles. The predicted octanol–water partition coefficient (Wildman–Crippen LogP) is 1.77. The molecule has 6 heteroatoms. The summed E-state index contributed by atoms with van der Waals surface area (Å²) in [7, 11) is 0. The molecule has 1 aromatic rings. The third-order valence-electron chi connectivity index (χ3n) is 3.48. The van der Waals surface area contributed by atoms with Crippen molar-refractivity contribution >= 4 is 23.1 Å². The Hall–Kier alpha value is -1.07. The zero-order valence-corrected chi connectivity index (χ0v) is 11.7. The summed E-state index contributed by atoms with van der Waals surface area (Å²) in [6, 6.07) is 0. The van der Waals surface area contributed by atoms with Crippen LogP contribution < -0.4 is 11.1 Å². The van der Waals surface area contributed by atoms with E-state index in [1.54, 1.807) is 0 Å². The van der Waals surface area contributed by atoms with Crippen molar-refractivity contribution in [3.8, 4) is 0 Å². The molecule has 1 aliphatic heterocycles. The number of anilines is 2. The molecular weight excluding hydrogens is 250 g/mol. The molecule has 1 aliphatic rings. The van der Waals surface area contributed by atoms with E-state index in [0.717, 1.165) is 25.3 Å². The van der Waals surface area contributed by atoms with Crippen LogP contribution in [0.1, 0.15) is 19.0 Å². The summed E-state index contributed by atoms with van der Waals surface area (Å²) in [6.45, 7) is 8.36. The van der Waals surface area contributed by atoms with E-state index in [-0.39, 0.29) is 5.28 Å². The third kappa shape index (κ3) is 3.03. The highest BCUT2D eigenvalue weighted by molar-refractivity contribution is 6.28. The molecular formula is C12H20ClN5. The first-order valence-corrected chi connectivity index (χ1v) is 6.73. The Bertz CT molecular complexity index is 423. The number of likely N-dealkylation sites (tertiary alicyclic amines) is 1. The Morgan fingerprint density at radius 2 is 2.28 bits per heavy atom. The molecule has 1 unspecified atom stereocenters. The second kappa shape index (κ2) is 5.71. The standard InChI is InChI=1S/C12H20ClN5/c1-3-18-5-4-9(7-18)6-15-11-10(14)8(2)16-12(13)17-11/h9H,3-7,14H2,1-2H3,(H,15,16,17). The fourth-order valence-electron chi connectivity index (χ4n) is 2.29. The van der Waals surface area contributed by atoms with Crippen LogP contribution in [0, 0.1) is 12.8 Å². The second-order valence-electron chi connectivity index (χ2n) is 4.77. The van der Waals surface area contributed by atoms with Crippen molar-refractivity contribution in [3.05, 3.63) is 11.0 Å². The van der Waals surface area contributed by atoms with Crippen LogP contribution in [-0.2, 0) is 0 Å². The molecule has 0 saturated carbocycles. The largest absolute Gasteiger partial charge is 0.394 e. The van der Waals surface area contributed by atoms with Gasteiger partial charge >= 0.3 is 0 Å². The van der Waals surface area contributed by atoms with Crippen LogP contribution in [0.5, 0.6) is 0 Å². The first-order valence-electron chi connectivity index (χ1n) is 6.36.